The van der Waals surface area contributed by atoms with Crippen molar-refractivity contribution in [1.29, 1.82) is 0 Å². The standard InChI is InChI=1S/C15H21ClN2/c1-3-9-18(10-4-2)11-5-6-13-7-8-14(16)15(17)12-13/h3-4,7-8,12H,1-2,5-6,9-11,17H2. The lowest BCUT2D eigenvalue weighted by Gasteiger charge is -2.18. The van der Waals surface area contributed by atoms with Crippen molar-refractivity contribution in [1.82, 2.24) is 4.90 Å². The summed E-state index contributed by atoms with van der Waals surface area (Å²) in [5.41, 5.74) is 7.67. The maximum atomic E-state index is 5.89. The van der Waals surface area contributed by atoms with Crippen molar-refractivity contribution in [2.45, 2.75) is 12.8 Å². The maximum absolute atomic E-state index is 5.89. The molecule has 0 fully saturated rings. The molecule has 0 heterocycles. The lowest BCUT2D eigenvalue weighted by molar-refractivity contribution is 0.330. The highest BCUT2D eigenvalue weighted by Crippen LogP contribution is 2.20. The van der Waals surface area contributed by atoms with E-state index in [1.54, 1.807) is 0 Å². The fourth-order valence-electron chi connectivity index (χ4n) is 1.88. The van der Waals surface area contributed by atoms with Crippen molar-refractivity contribution in [2.75, 3.05) is 25.4 Å². The van der Waals surface area contributed by atoms with Gasteiger partial charge in [0.25, 0.3) is 0 Å². The summed E-state index contributed by atoms with van der Waals surface area (Å²) in [7, 11) is 0. The zero-order chi connectivity index (χ0) is 13.4. The molecule has 0 atom stereocenters. The molecule has 0 saturated heterocycles. The number of benzene rings is 1. The Bertz CT molecular complexity index is 391. The van der Waals surface area contributed by atoms with Gasteiger partial charge in [0.1, 0.15) is 0 Å². The second-order valence-corrected chi connectivity index (χ2v) is 4.70. The van der Waals surface area contributed by atoms with E-state index in [4.69, 9.17) is 17.3 Å². The summed E-state index contributed by atoms with van der Waals surface area (Å²) < 4.78 is 0. The highest BCUT2D eigenvalue weighted by atomic mass is 35.5. The summed E-state index contributed by atoms with van der Waals surface area (Å²) in [4.78, 5) is 2.30. The van der Waals surface area contributed by atoms with Crippen molar-refractivity contribution in [3.05, 3.63) is 54.1 Å². The zero-order valence-electron chi connectivity index (χ0n) is 10.7. The molecule has 0 spiro atoms. The second-order valence-electron chi connectivity index (χ2n) is 4.30. The number of hydrogen-bond donors (Lipinski definition) is 1. The number of anilines is 1. The van der Waals surface area contributed by atoms with Crippen molar-refractivity contribution >= 4 is 17.3 Å². The third kappa shape index (κ3) is 4.94. The molecular weight excluding hydrogens is 244 g/mol. The minimum Gasteiger partial charge on any atom is -0.398 e. The molecule has 2 N–H and O–H groups in total. The van der Waals surface area contributed by atoms with Crippen LogP contribution in [-0.2, 0) is 6.42 Å². The number of halogens is 1. The number of rotatable bonds is 8. The van der Waals surface area contributed by atoms with Crippen LogP contribution in [0.25, 0.3) is 0 Å². The molecule has 0 bridgehead atoms. The first-order valence-electron chi connectivity index (χ1n) is 6.15. The fraction of sp³-hybridized carbons (Fsp3) is 0.333. The zero-order valence-corrected chi connectivity index (χ0v) is 11.5. The molecular formula is C15H21ClN2. The molecule has 0 aliphatic rings. The lowest BCUT2D eigenvalue weighted by atomic mass is 10.1. The molecule has 1 aromatic rings. The van der Waals surface area contributed by atoms with Crippen LogP contribution in [0.5, 0.6) is 0 Å². The maximum Gasteiger partial charge on any atom is 0.0635 e. The number of nitrogens with two attached hydrogens (primary N) is 1. The van der Waals surface area contributed by atoms with Gasteiger partial charge in [-0.25, -0.2) is 0 Å². The Morgan fingerprint density at radius 2 is 1.89 bits per heavy atom. The average Bonchev–Trinajstić information content (AvgIpc) is 2.34. The molecule has 0 radical (unpaired) electrons. The minimum absolute atomic E-state index is 0.624. The minimum atomic E-state index is 0.624. The van der Waals surface area contributed by atoms with Crippen LogP contribution in [0.2, 0.25) is 5.02 Å². The molecule has 98 valence electrons. The second kappa shape index (κ2) is 7.96. The smallest absolute Gasteiger partial charge is 0.0635 e. The first kappa shape index (κ1) is 14.8. The Morgan fingerprint density at radius 1 is 1.22 bits per heavy atom. The van der Waals surface area contributed by atoms with Gasteiger partial charge in [-0.05, 0) is 37.1 Å². The molecule has 0 amide bonds. The topological polar surface area (TPSA) is 29.3 Å². The summed E-state index contributed by atoms with van der Waals surface area (Å²) in [6.07, 6.45) is 5.93. The van der Waals surface area contributed by atoms with E-state index in [1.165, 1.54) is 5.56 Å². The van der Waals surface area contributed by atoms with E-state index in [9.17, 15) is 0 Å². The third-order valence-electron chi connectivity index (χ3n) is 2.77. The lowest BCUT2D eigenvalue weighted by Crippen LogP contribution is -2.25. The molecule has 0 saturated carbocycles. The third-order valence-corrected chi connectivity index (χ3v) is 3.12. The van der Waals surface area contributed by atoms with E-state index in [2.05, 4.69) is 18.1 Å². The molecule has 1 aromatic carbocycles. The Morgan fingerprint density at radius 3 is 2.44 bits per heavy atom. The van der Waals surface area contributed by atoms with Gasteiger partial charge in [-0.15, -0.1) is 13.2 Å². The number of nitrogen functional groups attached to an aromatic ring is 1. The Hall–Kier alpha value is -1.25. The van der Waals surface area contributed by atoms with E-state index >= 15 is 0 Å². The van der Waals surface area contributed by atoms with E-state index < -0.39 is 0 Å². The van der Waals surface area contributed by atoms with Crippen LogP contribution in [0.3, 0.4) is 0 Å². The highest BCUT2D eigenvalue weighted by molar-refractivity contribution is 6.33. The van der Waals surface area contributed by atoms with Gasteiger partial charge in [0.15, 0.2) is 0 Å². The SMILES string of the molecule is C=CCN(CC=C)CCCc1ccc(Cl)c(N)c1. The van der Waals surface area contributed by atoms with Crippen LogP contribution in [0, 0.1) is 0 Å². The first-order valence-corrected chi connectivity index (χ1v) is 6.53. The monoisotopic (exact) mass is 264 g/mol. The Balaban J connectivity index is 2.41. The summed E-state index contributed by atoms with van der Waals surface area (Å²) in [5.74, 6) is 0. The first-order chi connectivity index (χ1) is 8.67. The molecule has 3 heteroatoms. The number of nitrogens with zero attached hydrogens (tertiary/aromatic N) is 1. The molecule has 0 aliphatic carbocycles. The van der Waals surface area contributed by atoms with Crippen molar-refractivity contribution in [2.24, 2.45) is 0 Å². The van der Waals surface area contributed by atoms with Gasteiger partial charge in [-0.1, -0.05) is 29.8 Å². The van der Waals surface area contributed by atoms with Crippen LogP contribution < -0.4 is 5.73 Å². The predicted octanol–water partition coefficient (Wildman–Crippen LogP) is 3.53. The van der Waals surface area contributed by atoms with Gasteiger partial charge in [0.05, 0.1) is 10.7 Å². The normalized spacial score (nSPS) is 10.6. The van der Waals surface area contributed by atoms with E-state index in [0.29, 0.717) is 10.7 Å². The van der Waals surface area contributed by atoms with Crippen molar-refractivity contribution < 1.29 is 0 Å². The van der Waals surface area contributed by atoms with Crippen LogP contribution in [0.15, 0.2) is 43.5 Å². The van der Waals surface area contributed by atoms with Gasteiger partial charge in [0.2, 0.25) is 0 Å². The van der Waals surface area contributed by atoms with E-state index in [1.807, 2.05) is 30.4 Å². The van der Waals surface area contributed by atoms with Gasteiger partial charge in [0, 0.05) is 13.1 Å². The van der Waals surface area contributed by atoms with Crippen LogP contribution in [0.1, 0.15) is 12.0 Å². The van der Waals surface area contributed by atoms with Crippen molar-refractivity contribution in [3.63, 3.8) is 0 Å². The summed E-state index contributed by atoms with van der Waals surface area (Å²) in [6, 6.07) is 5.84. The molecule has 0 aliphatic heterocycles. The molecule has 0 aromatic heterocycles. The summed E-state index contributed by atoms with van der Waals surface area (Å²) >= 11 is 5.89. The van der Waals surface area contributed by atoms with Crippen LogP contribution in [-0.4, -0.2) is 24.5 Å². The van der Waals surface area contributed by atoms with E-state index in [0.717, 1.165) is 32.5 Å². The fourth-order valence-corrected chi connectivity index (χ4v) is 2.00. The van der Waals surface area contributed by atoms with Crippen LogP contribution >= 0.6 is 11.6 Å². The largest absolute Gasteiger partial charge is 0.398 e. The molecule has 1 rings (SSSR count). The quantitative estimate of drug-likeness (QED) is 0.575. The molecule has 18 heavy (non-hydrogen) atoms. The Labute approximate surface area is 115 Å². The highest BCUT2D eigenvalue weighted by Gasteiger charge is 2.02. The Kier molecular flexibility index (Phi) is 6.55. The van der Waals surface area contributed by atoms with Gasteiger partial charge < -0.3 is 5.73 Å². The number of aryl methyl sites for hydroxylation is 1. The van der Waals surface area contributed by atoms with Gasteiger partial charge >= 0.3 is 0 Å². The summed E-state index contributed by atoms with van der Waals surface area (Å²) in [5, 5.41) is 0.624. The molecule has 2 nitrogen and oxygen atoms in total. The predicted molar refractivity (Wildman–Crippen MR) is 81.0 cm³/mol. The number of hydrogen-bond acceptors (Lipinski definition) is 2. The van der Waals surface area contributed by atoms with E-state index in [-0.39, 0.29) is 0 Å². The van der Waals surface area contributed by atoms with Gasteiger partial charge in [-0.2, -0.15) is 0 Å². The average molecular weight is 265 g/mol. The van der Waals surface area contributed by atoms with Crippen molar-refractivity contribution in [3.8, 4) is 0 Å². The van der Waals surface area contributed by atoms with Crippen LogP contribution in [0.4, 0.5) is 5.69 Å². The molecule has 0 unspecified atom stereocenters. The van der Waals surface area contributed by atoms with Gasteiger partial charge in [-0.3, -0.25) is 4.90 Å². The summed E-state index contributed by atoms with van der Waals surface area (Å²) in [6.45, 7) is 10.3.